The van der Waals surface area contributed by atoms with E-state index < -0.39 is 6.10 Å². The van der Waals surface area contributed by atoms with Crippen molar-refractivity contribution in [3.05, 3.63) is 60.8 Å². The van der Waals surface area contributed by atoms with Crippen LogP contribution in [0, 0.1) is 0 Å². The Morgan fingerprint density at radius 2 is 0.539 bits per heavy atom. The van der Waals surface area contributed by atoms with Crippen molar-refractivity contribution in [2.24, 2.45) is 0 Å². The fourth-order valence-corrected chi connectivity index (χ4v) is 9.81. The van der Waals surface area contributed by atoms with Crippen molar-refractivity contribution in [2.75, 3.05) is 13.2 Å². The van der Waals surface area contributed by atoms with Gasteiger partial charge < -0.3 is 14.2 Å². The first-order valence-electron chi connectivity index (χ1n) is 33.3. The largest absolute Gasteiger partial charge is 0.462 e. The van der Waals surface area contributed by atoms with Gasteiger partial charge in [0.2, 0.25) is 0 Å². The van der Waals surface area contributed by atoms with Gasteiger partial charge in [-0.15, -0.1) is 0 Å². The van der Waals surface area contributed by atoms with E-state index >= 15 is 0 Å². The quantitative estimate of drug-likeness (QED) is 0.0261. The van der Waals surface area contributed by atoms with Gasteiger partial charge in [-0.1, -0.05) is 319 Å². The SMILES string of the molecule is CC/C=C\C/C=C\C/C=C\C/C=C\CCC(=O)OCC(COC(=O)CCCCCCCCCCCCCCCCCCCCCCCCCCCCCCCCC)OC(=O)CCCCCCC/C=C\CCCCCCC. The molecule has 0 aromatic carbocycles. The van der Waals surface area contributed by atoms with Gasteiger partial charge in [0, 0.05) is 19.3 Å². The van der Waals surface area contributed by atoms with Crippen LogP contribution < -0.4 is 0 Å². The summed E-state index contributed by atoms with van der Waals surface area (Å²) in [4.78, 5) is 38.2. The standard InChI is InChI=1S/C70H126O6/c1-4-7-10-13-16-19-22-25-27-28-29-30-31-32-33-34-35-36-37-38-39-40-41-42-43-46-48-51-54-57-60-63-69(72)75-66-67(65-74-68(71)62-59-56-53-50-47-44-24-21-18-15-12-9-6-3)76-70(73)64-61-58-55-52-49-45-26-23-20-17-14-11-8-5-2/h9,12,18,21,23,26,44,47,53,56,67H,4-8,10-11,13-17,19-20,22,24-25,27-43,45-46,48-52,54-55,57-66H2,1-3H3/b12-9-,21-18-,26-23-,47-44-,56-53-. The molecule has 0 heterocycles. The third kappa shape index (κ3) is 62.0. The molecular weight excluding hydrogens is 937 g/mol. The van der Waals surface area contributed by atoms with E-state index in [4.69, 9.17) is 14.2 Å². The van der Waals surface area contributed by atoms with Crippen LogP contribution in [0.15, 0.2) is 60.8 Å². The van der Waals surface area contributed by atoms with E-state index in [0.29, 0.717) is 19.3 Å². The summed E-state index contributed by atoms with van der Waals surface area (Å²) >= 11 is 0. The van der Waals surface area contributed by atoms with Crippen molar-refractivity contribution in [2.45, 2.75) is 354 Å². The number of allylic oxidation sites excluding steroid dienone is 10. The third-order valence-corrected chi connectivity index (χ3v) is 14.8. The number of hydrogen-bond donors (Lipinski definition) is 0. The highest BCUT2D eigenvalue weighted by molar-refractivity contribution is 5.71. The van der Waals surface area contributed by atoms with Crippen molar-refractivity contribution in [3.63, 3.8) is 0 Å². The zero-order valence-electron chi connectivity index (χ0n) is 50.8. The molecule has 0 radical (unpaired) electrons. The summed E-state index contributed by atoms with van der Waals surface area (Å²) in [6.07, 6.45) is 82.8. The van der Waals surface area contributed by atoms with E-state index in [1.807, 2.05) is 6.08 Å². The molecule has 0 aliphatic rings. The molecule has 0 N–H and O–H groups in total. The van der Waals surface area contributed by atoms with E-state index in [2.05, 4.69) is 75.5 Å². The Hall–Kier alpha value is -2.89. The lowest BCUT2D eigenvalue weighted by Crippen LogP contribution is -2.30. The minimum absolute atomic E-state index is 0.0966. The molecule has 6 heteroatoms. The third-order valence-electron chi connectivity index (χ3n) is 14.8. The molecular formula is C70H126O6. The number of ether oxygens (including phenoxy) is 3. The zero-order chi connectivity index (χ0) is 55.0. The van der Waals surface area contributed by atoms with Crippen LogP contribution in [0.4, 0.5) is 0 Å². The number of carbonyl (C=O) groups is 3. The Balaban J connectivity index is 4.14. The molecule has 1 unspecified atom stereocenters. The smallest absolute Gasteiger partial charge is 0.306 e. The van der Waals surface area contributed by atoms with Crippen molar-refractivity contribution >= 4 is 17.9 Å². The van der Waals surface area contributed by atoms with Gasteiger partial charge in [0.1, 0.15) is 13.2 Å². The molecule has 0 aliphatic heterocycles. The van der Waals surface area contributed by atoms with Gasteiger partial charge in [0.25, 0.3) is 0 Å². The highest BCUT2D eigenvalue weighted by Crippen LogP contribution is 2.18. The molecule has 442 valence electrons. The van der Waals surface area contributed by atoms with Crippen LogP contribution >= 0.6 is 0 Å². The average molecular weight is 1060 g/mol. The van der Waals surface area contributed by atoms with Gasteiger partial charge in [-0.2, -0.15) is 0 Å². The van der Waals surface area contributed by atoms with E-state index in [0.717, 1.165) is 77.0 Å². The minimum Gasteiger partial charge on any atom is -0.462 e. The summed E-state index contributed by atoms with van der Waals surface area (Å²) in [5, 5.41) is 0. The fraction of sp³-hybridized carbons (Fsp3) is 0.814. The van der Waals surface area contributed by atoms with Crippen LogP contribution in [0.5, 0.6) is 0 Å². The Morgan fingerprint density at radius 1 is 0.276 bits per heavy atom. The van der Waals surface area contributed by atoms with E-state index in [-0.39, 0.29) is 37.5 Å². The lowest BCUT2D eigenvalue weighted by Gasteiger charge is -2.18. The summed E-state index contributed by atoms with van der Waals surface area (Å²) in [6.45, 7) is 6.49. The monoisotopic (exact) mass is 1060 g/mol. The molecule has 6 nitrogen and oxygen atoms in total. The molecule has 0 aromatic heterocycles. The Kier molecular flexibility index (Phi) is 62.2. The number of unbranched alkanes of at least 4 members (excludes halogenated alkanes) is 40. The Bertz CT molecular complexity index is 1360. The fourth-order valence-electron chi connectivity index (χ4n) is 9.81. The number of rotatable bonds is 61. The van der Waals surface area contributed by atoms with Crippen molar-refractivity contribution in [1.82, 2.24) is 0 Å². The van der Waals surface area contributed by atoms with Crippen molar-refractivity contribution < 1.29 is 28.6 Å². The van der Waals surface area contributed by atoms with Gasteiger partial charge in [-0.3, -0.25) is 14.4 Å². The summed E-state index contributed by atoms with van der Waals surface area (Å²) in [6, 6.07) is 0. The molecule has 1 atom stereocenters. The number of carbonyl (C=O) groups excluding carboxylic acids is 3. The normalized spacial score (nSPS) is 12.4. The highest BCUT2D eigenvalue weighted by Gasteiger charge is 2.19. The first-order chi connectivity index (χ1) is 37.5. The van der Waals surface area contributed by atoms with Crippen LogP contribution in [0.1, 0.15) is 348 Å². The molecule has 76 heavy (non-hydrogen) atoms. The van der Waals surface area contributed by atoms with Crippen molar-refractivity contribution in [1.29, 1.82) is 0 Å². The second-order valence-electron chi connectivity index (χ2n) is 22.4. The molecule has 0 saturated heterocycles. The number of hydrogen-bond acceptors (Lipinski definition) is 6. The summed E-state index contributed by atoms with van der Waals surface area (Å²) < 4.78 is 16.8. The van der Waals surface area contributed by atoms with E-state index in [9.17, 15) is 14.4 Å². The van der Waals surface area contributed by atoms with Gasteiger partial charge in [-0.25, -0.2) is 0 Å². The van der Waals surface area contributed by atoms with Gasteiger partial charge >= 0.3 is 17.9 Å². The van der Waals surface area contributed by atoms with Crippen LogP contribution in [0.2, 0.25) is 0 Å². The van der Waals surface area contributed by atoms with Crippen molar-refractivity contribution in [3.8, 4) is 0 Å². The second-order valence-corrected chi connectivity index (χ2v) is 22.4. The van der Waals surface area contributed by atoms with Crippen LogP contribution in [0.3, 0.4) is 0 Å². The number of esters is 3. The van der Waals surface area contributed by atoms with Crippen LogP contribution in [0.25, 0.3) is 0 Å². The van der Waals surface area contributed by atoms with E-state index in [1.165, 1.54) is 225 Å². The molecule has 0 amide bonds. The minimum atomic E-state index is -0.806. The maximum atomic E-state index is 12.9. The molecule has 0 rings (SSSR count). The van der Waals surface area contributed by atoms with Gasteiger partial charge in [0.05, 0.1) is 0 Å². The predicted molar refractivity (Wildman–Crippen MR) is 330 cm³/mol. The highest BCUT2D eigenvalue weighted by atomic mass is 16.6. The first kappa shape index (κ1) is 73.1. The predicted octanol–water partition coefficient (Wildman–Crippen LogP) is 22.7. The molecule has 0 aliphatic carbocycles. The topological polar surface area (TPSA) is 78.9 Å². The summed E-state index contributed by atoms with van der Waals surface area (Å²) in [5.41, 5.74) is 0. The molecule has 0 aromatic rings. The summed E-state index contributed by atoms with van der Waals surface area (Å²) in [7, 11) is 0. The average Bonchev–Trinajstić information content (AvgIpc) is 3.42. The molecule has 0 bridgehead atoms. The van der Waals surface area contributed by atoms with Gasteiger partial charge in [0.15, 0.2) is 6.10 Å². The first-order valence-corrected chi connectivity index (χ1v) is 33.3. The van der Waals surface area contributed by atoms with Crippen LogP contribution in [-0.4, -0.2) is 37.2 Å². The molecule has 0 spiro atoms. The Labute approximate surface area is 472 Å². The second kappa shape index (κ2) is 64.6. The molecule has 0 saturated carbocycles. The van der Waals surface area contributed by atoms with E-state index in [1.54, 1.807) is 0 Å². The van der Waals surface area contributed by atoms with Gasteiger partial charge in [-0.05, 0) is 70.6 Å². The maximum Gasteiger partial charge on any atom is 0.306 e. The lowest BCUT2D eigenvalue weighted by atomic mass is 10.0. The summed E-state index contributed by atoms with van der Waals surface area (Å²) in [5.74, 6) is -0.975. The molecule has 0 fully saturated rings. The lowest BCUT2D eigenvalue weighted by molar-refractivity contribution is -0.166. The zero-order valence-corrected chi connectivity index (χ0v) is 50.8. The maximum absolute atomic E-state index is 12.9. The van der Waals surface area contributed by atoms with Crippen LogP contribution in [-0.2, 0) is 28.6 Å². The Morgan fingerprint density at radius 3 is 0.882 bits per heavy atom.